The van der Waals surface area contributed by atoms with Gasteiger partial charge in [-0.1, -0.05) is 37.6 Å². The molecule has 2 N–H and O–H groups in total. The smallest absolute Gasteiger partial charge is 0.115 e. The first kappa shape index (κ1) is 17.4. The molecule has 0 unspecified atom stereocenters. The number of phenolic OH excluding ortho intramolecular Hbond substituents is 2. The number of benzene rings is 2. The lowest BCUT2D eigenvalue weighted by atomic mass is 10.1. The molecule has 0 saturated heterocycles. The van der Waals surface area contributed by atoms with Gasteiger partial charge in [0.25, 0.3) is 0 Å². The van der Waals surface area contributed by atoms with Gasteiger partial charge < -0.3 is 15.1 Å². The molecule has 2 rings (SSSR count). The molecule has 23 heavy (non-hydrogen) atoms. The molecule has 3 heteroatoms. The minimum Gasteiger partial charge on any atom is -0.508 e. The van der Waals surface area contributed by atoms with Crippen LogP contribution in [-0.4, -0.2) is 34.7 Å². The Morgan fingerprint density at radius 1 is 0.783 bits per heavy atom. The molecular formula is C20H27NO2. The summed E-state index contributed by atoms with van der Waals surface area (Å²) in [6.07, 6.45) is 4.34. The van der Waals surface area contributed by atoms with Crippen molar-refractivity contribution in [2.24, 2.45) is 0 Å². The molecule has 0 amide bonds. The highest BCUT2D eigenvalue weighted by Gasteiger charge is 2.06. The average molecular weight is 313 g/mol. The Hall–Kier alpha value is -2.00. The molecule has 0 aliphatic heterocycles. The van der Waals surface area contributed by atoms with E-state index in [1.165, 1.54) is 24.0 Å². The van der Waals surface area contributed by atoms with Gasteiger partial charge in [-0.2, -0.15) is 0 Å². The van der Waals surface area contributed by atoms with Crippen molar-refractivity contribution in [3.8, 4) is 11.5 Å². The highest BCUT2D eigenvalue weighted by Crippen LogP contribution is 2.13. The molecule has 0 bridgehead atoms. The number of rotatable bonds is 9. The molecule has 3 nitrogen and oxygen atoms in total. The van der Waals surface area contributed by atoms with E-state index in [1.807, 2.05) is 24.3 Å². The molecule has 0 spiro atoms. The third-order valence-electron chi connectivity index (χ3n) is 4.11. The van der Waals surface area contributed by atoms with Gasteiger partial charge in [-0.15, -0.1) is 0 Å². The van der Waals surface area contributed by atoms with E-state index in [4.69, 9.17) is 0 Å². The van der Waals surface area contributed by atoms with Crippen molar-refractivity contribution >= 4 is 0 Å². The average Bonchev–Trinajstić information content (AvgIpc) is 2.56. The van der Waals surface area contributed by atoms with Crippen molar-refractivity contribution in [2.75, 3.05) is 19.6 Å². The van der Waals surface area contributed by atoms with Crippen molar-refractivity contribution in [1.82, 2.24) is 4.90 Å². The number of phenols is 2. The van der Waals surface area contributed by atoms with Gasteiger partial charge in [0.15, 0.2) is 0 Å². The molecule has 0 aliphatic carbocycles. The van der Waals surface area contributed by atoms with Crippen LogP contribution in [0.2, 0.25) is 0 Å². The number of unbranched alkanes of at least 4 members (excludes halogenated alkanes) is 1. The van der Waals surface area contributed by atoms with Crippen LogP contribution in [0.1, 0.15) is 30.9 Å². The van der Waals surface area contributed by atoms with Crippen LogP contribution >= 0.6 is 0 Å². The Labute approximate surface area is 139 Å². The van der Waals surface area contributed by atoms with Crippen LogP contribution < -0.4 is 0 Å². The van der Waals surface area contributed by atoms with E-state index in [2.05, 4.69) is 17.9 Å². The predicted octanol–water partition coefficient (Wildman–Crippen LogP) is 3.99. The van der Waals surface area contributed by atoms with Crippen LogP contribution in [0.3, 0.4) is 0 Å². The second-order valence-electron chi connectivity index (χ2n) is 6.03. The van der Waals surface area contributed by atoms with Gasteiger partial charge in [-0.3, -0.25) is 0 Å². The van der Waals surface area contributed by atoms with E-state index in [0.717, 1.165) is 32.5 Å². The zero-order chi connectivity index (χ0) is 16.5. The molecule has 0 radical (unpaired) electrons. The Bertz CT molecular complexity index is 580. The van der Waals surface area contributed by atoms with Gasteiger partial charge in [0.2, 0.25) is 0 Å². The molecule has 0 saturated carbocycles. The zero-order valence-electron chi connectivity index (χ0n) is 13.9. The predicted molar refractivity (Wildman–Crippen MR) is 95.0 cm³/mol. The zero-order valence-corrected chi connectivity index (χ0v) is 13.9. The van der Waals surface area contributed by atoms with E-state index in [0.29, 0.717) is 11.5 Å². The summed E-state index contributed by atoms with van der Waals surface area (Å²) in [7, 11) is 0. The maximum atomic E-state index is 9.56. The van der Waals surface area contributed by atoms with E-state index >= 15 is 0 Å². The van der Waals surface area contributed by atoms with Crippen LogP contribution in [-0.2, 0) is 12.8 Å². The van der Waals surface area contributed by atoms with Crippen molar-refractivity contribution in [3.05, 3.63) is 59.7 Å². The Morgan fingerprint density at radius 3 is 2.13 bits per heavy atom. The van der Waals surface area contributed by atoms with Gasteiger partial charge in [-0.25, -0.2) is 0 Å². The SMILES string of the molecule is CCCCN(CCc1ccc(O)cc1)CCc1cccc(O)c1. The minimum atomic E-state index is 0.320. The minimum absolute atomic E-state index is 0.320. The molecule has 0 aliphatic rings. The third-order valence-corrected chi connectivity index (χ3v) is 4.11. The topological polar surface area (TPSA) is 43.7 Å². The number of hydrogen-bond acceptors (Lipinski definition) is 3. The van der Waals surface area contributed by atoms with Gasteiger partial charge >= 0.3 is 0 Å². The molecule has 0 aromatic heterocycles. The maximum Gasteiger partial charge on any atom is 0.115 e. The first-order valence-electron chi connectivity index (χ1n) is 8.45. The van der Waals surface area contributed by atoms with E-state index < -0.39 is 0 Å². The Kier molecular flexibility index (Phi) is 6.95. The maximum absolute atomic E-state index is 9.56. The quantitative estimate of drug-likeness (QED) is 0.736. The summed E-state index contributed by atoms with van der Waals surface area (Å²) < 4.78 is 0. The van der Waals surface area contributed by atoms with E-state index in [1.54, 1.807) is 18.2 Å². The highest BCUT2D eigenvalue weighted by molar-refractivity contribution is 5.27. The number of hydrogen-bond donors (Lipinski definition) is 2. The fourth-order valence-corrected chi connectivity index (χ4v) is 2.67. The lowest BCUT2D eigenvalue weighted by Crippen LogP contribution is -2.29. The summed E-state index contributed by atoms with van der Waals surface area (Å²) in [6, 6.07) is 15.0. The molecule has 0 atom stereocenters. The monoisotopic (exact) mass is 313 g/mol. The van der Waals surface area contributed by atoms with Gasteiger partial charge in [0.05, 0.1) is 0 Å². The fraction of sp³-hybridized carbons (Fsp3) is 0.400. The summed E-state index contributed by atoms with van der Waals surface area (Å²) in [5.41, 5.74) is 2.43. The van der Waals surface area contributed by atoms with Crippen LogP contribution in [0.4, 0.5) is 0 Å². The number of nitrogens with zero attached hydrogens (tertiary/aromatic N) is 1. The standard InChI is InChI=1S/C20H27NO2/c1-2-3-13-21(14-11-17-7-9-19(22)10-8-17)15-12-18-5-4-6-20(23)16-18/h4-10,16,22-23H,2-3,11-15H2,1H3. The van der Waals surface area contributed by atoms with Crippen LogP contribution in [0.25, 0.3) is 0 Å². The lowest BCUT2D eigenvalue weighted by Gasteiger charge is -2.22. The summed E-state index contributed by atoms with van der Waals surface area (Å²) in [4.78, 5) is 2.49. The van der Waals surface area contributed by atoms with Gasteiger partial charge in [0, 0.05) is 13.1 Å². The second-order valence-corrected chi connectivity index (χ2v) is 6.03. The molecule has 0 fully saturated rings. The number of aromatic hydroxyl groups is 2. The van der Waals surface area contributed by atoms with Gasteiger partial charge in [-0.05, 0) is 61.2 Å². The van der Waals surface area contributed by atoms with Gasteiger partial charge in [0.1, 0.15) is 11.5 Å². The molecular weight excluding hydrogens is 286 g/mol. The Balaban J connectivity index is 1.86. The summed E-state index contributed by atoms with van der Waals surface area (Å²) in [6.45, 7) is 5.34. The van der Waals surface area contributed by atoms with E-state index in [-0.39, 0.29) is 0 Å². The second kappa shape index (κ2) is 9.21. The first-order valence-corrected chi connectivity index (χ1v) is 8.45. The molecule has 0 heterocycles. The lowest BCUT2D eigenvalue weighted by molar-refractivity contribution is 0.276. The van der Waals surface area contributed by atoms with Crippen LogP contribution in [0.5, 0.6) is 11.5 Å². The van der Waals surface area contributed by atoms with Crippen molar-refractivity contribution < 1.29 is 10.2 Å². The van der Waals surface area contributed by atoms with E-state index in [9.17, 15) is 10.2 Å². The molecule has 2 aromatic carbocycles. The summed E-state index contributed by atoms with van der Waals surface area (Å²) >= 11 is 0. The Morgan fingerprint density at radius 2 is 1.48 bits per heavy atom. The van der Waals surface area contributed by atoms with Crippen LogP contribution in [0, 0.1) is 0 Å². The third kappa shape index (κ3) is 6.33. The summed E-state index contributed by atoms with van der Waals surface area (Å²) in [5, 5.41) is 18.9. The van der Waals surface area contributed by atoms with Crippen LogP contribution in [0.15, 0.2) is 48.5 Å². The highest BCUT2D eigenvalue weighted by atomic mass is 16.3. The van der Waals surface area contributed by atoms with Crippen molar-refractivity contribution in [2.45, 2.75) is 32.6 Å². The molecule has 124 valence electrons. The largest absolute Gasteiger partial charge is 0.508 e. The normalized spacial score (nSPS) is 11.0. The van der Waals surface area contributed by atoms with Crippen molar-refractivity contribution in [1.29, 1.82) is 0 Å². The summed E-state index contributed by atoms with van der Waals surface area (Å²) in [5.74, 6) is 0.659. The first-order chi connectivity index (χ1) is 11.2. The van der Waals surface area contributed by atoms with Crippen molar-refractivity contribution in [3.63, 3.8) is 0 Å². The fourth-order valence-electron chi connectivity index (χ4n) is 2.67. The molecule has 2 aromatic rings.